The van der Waals surface area contributed by atoms with Gasteiger partial charge in [0.2, 0.25) is 0 Å². The van der Waals surface area contributed by atoms with E-state index in [1.54, 1.807) is 0 Å². The molecule has 0 radical (unpaired) electrons. The highest BCUT2D eigenvalue weighted by atomic mass is 35.5. The Morgan fingerprint density at radius 1 is 0.667 bits per heavy atom. The van der Waals surface area contributed by atoms with Gasteiger partial charge in [0.05, 0.1) is 16.1 Å². The molecule has 74 valence electrons. The molecule has 0 spiro atoms. The lowest BCUT2D eigenvalue weighted by molar-refractivity contribution is 1.15. The Balaban J connectivity index is 4.41. The van der Waals surface area contributed by atoms with Crippen molar-refractivity contribution >= 4 is 39.3 Å². The molecule has 0 aromatic carbocycles. The van der Waals surface area contributed by atoms with Crippen LogP contribution in [0.1, 0.15) is 0 Å². The minimum Gasteiger partial charge on any atom is -0.125 e. The second-order valence-electron chi connectivity index (χ2n) is 5.54. The van der Waals surface area contributed by atoms with E-state index in [2.05, 4.69) is 39.3 Å². The summed E-state index contributed by atoms with van der Waals surface area (Å²) >= 11 is 12.7. The zero-order valence-corrected chi connectivity index (χ0v) is 12.4. The number of hydrogen-bond donors (Lipinski definition) is 0. The maximum absolute atomic E-state index is 6.36. The summed E-state index contributed by atoms with van der Waals surface area (Å²) in [5.41, 5.74) is 0. The summed E-state index contributed by atoms with van der Waals surface area (Å²) in [6.07, 6.45) is 0. The molecule has 0 aliphatic carbocycles. The van der Waals surface area contributed by atoms with Crippen LogP contribution < -0.4 is 0 Å². The molecule has 0 aliphatic heterocycles. The predicted molar refractivity (Wildman–Crippen MR) is 66.0 cm³/mol. The molecular formula is C8H20Cl2Si2. The highest BCUT2D eigenvalue weighted by molar-refractivity contribution is 6.92. The Morgan fingerprint density at radius 2 is 0.833 bits per heavy atom. The van der Waals surface area contributed by atoms with Crippen LogP contribution in [0.5, 0.6) is 0 Å². The van der Waals surface area contributed by atoms with Crippen molar-refractivity contribution in [3.63, 3.8) is 0 Å². The summed E-state index contributed by atoms with van der Waals surface area (Å²) < 4.78 is 0. The molecule has 12 heavy (non-hydrogen) atoms. The molecule has 0 aliphatic rings. The number of hydrogen-bond acceptors (Lipinski definition) is 0. The first-order chi connectivity index (χ1) is 5.07. The molecule has 0 N–H and O–H groups in total. The van der Waals surface area contributed by atoms with Crippen LogP contribution in [-0.2, 0) is 0 Å². The van der Waals surface area contributed by atoms with Crippen molar-refractivity contribution in [3.8, 4) is 0 Å². The Hall–Kier alpha value is 1.01. The van der Waals surface area contributed by atoms with Crippen LogP contribution in [0.4, 0.5) is 0 Å². The normalized spacial score (nSPS) is 19.0. The second-order valence-corrected chi connectivity index (χ2v) is 17.9. The molecule has 0 nitrogen and oxygen atoms in total. The lowest BCUT2D eigenvalue weighted by Crippen LogP contribution is -2.50. The van der Waals surface area contributed by atoms with Gasteiger partial charge < -0.3 is 0 Å². The van der Waals surface area contributed by atoms with Crippen LogP contribution >= 0.6 is 23.2 Å². The first-order valence-electron chi connectivity index (χ1n) is 4.35. The SMILES string of the molecule is C[Si](C)(C)C(Cl)C(Cl)[Si](C)(C)C. The molecule has 4 heteroatoms. The van der Waals surface area contributed by atoms with Gasteiger partial charge in [-0.2, -0.15) is 0 Å². The van der Waals surface area contributed by atoms with Crippen LogP contribution in [-0.4, -0.2) is 26.1 Å². The fourth-order valence-corrected chi connectivity index (χ4v) is 7.90. The lowest BCUT2D eigenvalue weighted by atomic mass is 10.9. The minimum absolute atomic E-state index is 0.214. The van der Waals surface area contributed by atoms with E-state index < -0.39 is 16.1 Å². The van der Waals surface area contributed by atoms with Crippen molar-refractivity contribution in [2.24, 2.45) is 0 Å². The highest BCUT2D eigenvalue weighted by Gasteiger charge is 2.38. The summed E-state index contributed by atoms with van der Waals surface area (Å²) in [7, 11) is -2.53. The lowest BCUT2D eigenvalue weighted by Gasteiger charge is -2.34. The van der Waals surface area contributed by atoms with Gasteiger partial charge in [-0.15, -0.1) is 23.2 Å². The zero-order valence-electron chi connectivity index (χ0n) is 8.91. The quantitative estimate of drug-likeness (QED) is 0.520. The average molecular weight is 243 g/mol. The van der Waals surface area contributed by atoms with E-state index in [4.69, 9.17) is 23.2 Å². The Labute approximate surface area is 88.7 Å². The van der Waals surface area contributed by atoms with Gasteiger partial charge in [-0.05, 0) is 0 Å². The Kier molecular flexibility index (Phi) is 4.37. The number of alkyl halides is 2. The van der Waals surface area contributed by atoms with Crippen LogP contribution in [0.3, 0.4) is 0 Å². The van der Waals surface area contributed by atoms with Gasteiger partial charge in [0.15, 0.2) is 0 Å². The highest BCUT2D eigenvalue weighted by Crippen LogP contribution is 2.28. The van der Waals surface area contributed by atoms with Gasteiger partial charge in [-0.3, -0.25) is 0 Å². The van der Waals surface area contributed by atoms with Crippen LogP contribution in [0.25, 0.3) is 0 Å². The third-order valence-corrected chi connectivity index (χ3v) is 11.2. The monoisotopic (exact) mass is 242 g/mol. The van der Waals surface area contributed by atoms with Gasteiger partial charge in [0.25, 0.3) is 0 Å². The topological polar surface area (TPSA) is 0 Å². The summed E-state index contributed by atoms with van der Waals surface area (Å²) in [4.78, 5) is 0. The molecule has 0 aromatic heterocycles. The van der Waals surface area contributed by atoms with Crippen LogP contribution in [0.15, 0.2) is 0 Å². The van der Waals surface area contributed by atoms with Crippen molar-refractivity contribution in [1.29, 1.82) is 0 Å². The second kappa shape index (κ2) is 4.03. The van der Waals surface area contributed by atoms with Crippen molar-refractivity contribution < 1.29 is 0 Å². The van der Waals surface area contributed by atoms with Crippen molar-refractivity contribution in [2.75, 3.05) is 0 Å². The van der Waals surface area contributed by atoms with Crippen molar-refractivity contribution in [1.82, 2.24) is 0 Å². The smallest absolute Gasteiger partial charge is 0.0663 e. The first kappa shape index (κ1) is 13.0. The molecule has 0 heterocycles. The van der Waals surface area contributed by atoms with Gasteiger partial charge in [0, 0.05) is 10.0 Å². The Morgan fingerprint density at radius 3 is 0.917 bits per heavy atom. The summed E-state index contributed by atoms with van der Waals surface area (Å²) in [5.74, 6) is 0. The van der Waals surface area contributed by atoms with E-state index in [0.717, 1.165) is 0 Å². The average Bonchev–Trinajstić information content (AvgIpc) is 1.80. The van der Waals surface area contributed by atoms with E-state index in [9.17, 15) is 0 Å². The van der Waals surface area contributed by atoms with E-state index in [1.165, 1.54) is 0 Å². The largest absolute Gasteiger partial charge is 0.125 e. The first-order valence-corrected chi connectivity index (χ1v) is 12.4. The maximum Gasteiger partial charge on any atom is 0.0663 e. The van der Waals surface area contributed by atoms with E-state index in [-0.39, 0.29) is 10.0 Å². The zero-order chi connectivity index (χ0) is 10.2. The molecule has 2 unspecified atom stereocenters. The molecular weight excluding hydrogens is 223 g/mol. The standard InChI is InChI=1S/C8H20Cl2Si2/c1-11(2,3)7(9)8(10)12(4,5)6/h7-8H,1-6H3. The molecule has 0 saturated heterocycles. The summed E-state index contributed by atoms with van der Waals surface area (Å²) in [6.45, 7) is 13.7. The van der Waals surface area contributed by atoms with Gasteiger partial charge in [0.1, 0.15) is 0 Å². The molecule has 2 atom stereocenters. The molecule has 0 bridgehead atoms. The van der Waals surface area contributed by atoms with E-state index in [0.29, 0.717) is 0 Å². The predicted octanol–water partition coefficient (Wildman–Crippen LogP) is 3.96. The number of halogens is 2. The summed E-state index contributed by atoms with van der Waals surface area (Å²) in [6, 6.07) is 0. The molecule has 0 amide bonds. The summed E-state index contributed by atoms with van der Waals surface area (Å²) in [5, 5.41) is 0.427. The minimum atomic E-state index is -1.27. The third kappa shape index (κ3) is 3.82. The Bertz CT molecular complexity index is 128. The molecule has 0 rings (SSSR count). The number of rotatable bonds is 3. The fraction of sp³-hybridized carbons (Fsp3) is 1.00. The van der Waals surface area contributed by atoms with Gasteiger partial charge >= 0.3 is 0 Å². The molecule has 0 saturated carbocycles. The molecule has 0 aromatic rings. The van der Waals surface area contributed by atoms with Gasteiger partial charge in [-0.1, -0.05) is 39.3 Å². The maximum atomic E-state index is 6.36. The third-order valence-electron chi connectivity index (χ3n) is 1.91. The van der Waals surface area contributed by atoms with E-state index >= 15 is 0 Å². The molecule has 0 fully saturated rings. The fourth-order valence-electron chi connectivity index (χ4n) is 0.878. The van der Waals surface area contributed by atoms with Crippen LogP contribution in [0.2, 0.25) is 39.3 Å². The van der Waals surface area contributed by atoms with Gasteiger partial charge in [-0.25, -0.2) is 0 Å². The van der Waals surface area contributed by atoms with Crippen LogP contribution in [0, 0.1) is 0 Å². The van der Waals surface area contributed by atoms with Crippen molar-refractivity contribution in [3.05, 3.63) is 0 Å². The van der Waals surface area contributed by atoms with Crippen molar-refractivity contribution in [2.45, 2.75) is 49.3 Å². The van der Waals surface area contributed by atoms with E-state index in [1.807, 2.05) is 0 Å².